The van der Waals surface area contributed by atoms with Gasteiger partial charge in [0.15, 0.2) is 0 Å². The SMILES string of the molecule is COc1ccccc1N1CCN(C(=O)NCCCCN2CCC(C)CC2)CC1. The Labute approximate surface area is 169 Å². The summed E-state index contributed by atoms with van der Waals surface area (Å²) in [6.45, 7) is 9.93. The van der Waals surface area contributed by atoms with E-state index in [1.807, 2.05) is 23.1 Å². The number of unbranched alkanes of at least 4 members (excludes halogenated alkanes) is 1. The number of rotatable bonds is 7. The molecule has 1 aromatic rings. The van der Waals surface area contributed by atoms with Gasteiger partial charge in [-0.15, -0.1) is 0 Å². The number of urea groups is 1. The lowest BCUT2D eigenvalue weighted by Crippen LogP contribution is -2.52. The molecular weight excluding hydrogens is 352 g/mol. The molecule has 0 aromatic heterocycles. The molecule has 2 amide bonds. The molecule has 6 heteroatoms. The number of nitrogens with zero attached hydrogens (tertiary/aromatic N) is 3. The van der Waals surface area contributed by atoms with E-state index in [9.17, 15) is 4.79 Å². The molecule has 0 spiro atoms. The van der Waals surface area contributed by atoms with E-state index in [1.165, 1.54) is 32.5 Å². The van der Waals surface area contributed by atoms with Gasteiger partial charge in [-0.25, -0.2) is 4.79 Å². The van der Waals surface area contributed by atoms with Crippen LogP contribution in [0.5, 0.6) is 5.75 Å². The summed E-state index contributed by atoms with van der Waals surface area (Å²) in [5.41, 5.74) is 1.11. The van der Waals surface area contributed by atoms with Crippen molar-refractivity contribution in [3.8, 4) is 5.75 Å². The van der Waals surface area contributed by atoms with Crippen LogP contribution in [0.25, 0.3) is 0 Å². The van der Waals surface area contributed by atoms with Crippen LogP contribution >= 0.6 is 0 Å². The highest BCUT2D eigenvalue weighted by atomic mass is 16.5. The fraction of sp³-hybridized carbons (Fsp3) is 0.682. The Kier molecular flexibility index (Phi) is 7.83. The monoisotopic (exact) mass is 388 g/mol. The second-order valence-corrected chi connectivity index (χ2v) is 8.11. The number of amides is 2. The molecule has 28 heavy (non-hydrogen) atoms. The minimum absolute atomic E-state index is 0.0754. The molecule has 6 nitrogen and oxygen atoms in total. The first-order valence-corrected chi connectivity index (χ1v) is 10.8. The molecule has 2 aliphatic heterocycles. The molecule has 2 fully saturated rings. The number of piperidine rings is 1. The van der Waals surface area contributed by atoms with Crippen LogP contribution in [0.15, 0.2) is 24.3 Å². The summed E-state index contributed by atoms with van der Waals surface area (Å²) in [4.78, 5) is 19.2. The van der Waals surface area contributed by atoms with Gasteiger partial charge < -0.3 is 24.8 Å². The van der Waals surface area contributed by atoms with Crippen LogP contribution in [-0.2, 0) is 0 Å². The quantitative estimate of drug-likeness (QED) is 0.730. The zero-order valence-electron chi connectivity index (χ0n) is 17.5. The topological polar surface area (TPSA) is 48.1 Å². The number of benzene rings is 1. The van der Waals surface area contributed by atoms with Crippen molar-refractivity contribution in [2.24, 2.45) is 5.92 Å². The maximum Gasteiger partial charge on any atom is 0.317 e. The molecule has 1 N–H and O–H groups in total. The Morgan fingerprint density at radius 2 is 1.79 bits per heavy atom. The Bertz CT molecular complexity index is 608. The first kappa shape index (κ1) is 20.8. The van der Waals surface area contributed by atoms with E-state index < -0.39 is 0 Å². The number of nitrogens with one attached hydrogen (secondary N) is 1. The van der Waals surface area contributed by atoms with Gasteiger partial charge >= 0.3 is 6.03 Å². The van der Waals surface area contributed by atoms with Crippen molar-refractivity contribution < 1.29 is 9.53 Å². The van der Waals surface area contributed by atoms with E-state index in [-0.39, 0.29) is 6.03 Å². The van der Waals surface area contributed by atoms with Gasteiger partial charge in [-0.3, -0.25) is 0 Å². The van der Waals surface area contributed by atoms with Crippen molar-refractivity contribution in [1.29, 1.82) is 0 Å². The molecule has 2 aliphatic rings. The number of methoxy groups -OCH3 is 1. The van der Waals surface area contributed by atoms with Crippen LogP contribution in [0, 0.1) is 5.92 Å². The summed E-state index contributed by atoms with van der Waals surface area (Å²) in [6, 6.07) is 8.15. The summed E-state index contributed by atoms with van der Waals surface area (Å²) < 4.78 is 5.46. The average molecular weight is 389 g/mol. The van der Waals surface area contributed by atoms with E-state index in [4.69, 9.17) is 4.74 Å². The van der Waals surface area contributed by atoms with Crippen molar-refractivity contribution in [2.45, 2.75) is 32.6 Å². The van der Waals surface area contributed by atoms with Crippen LogP contribution in [0.4, 0.5) is 10.5 Å². The summed E-state index contributed by atoms with van der Waals surface area (Å²) in [6.07, 6.45) is 4.88. The fourth-order valence-electron chi connectivity index (χ4n) is 4.09. The Balaban J connectivity index is 1.31. The number of likely N-dealkylation sites (tertiary alicyclic amines) is 1. The number of piperazine rings is 1. The van der Waals surface area contributed by atoms with Gasteiger partial charge in [0, 0.05) is 32.7 Å². The third-order valence-corrected chi connectivity index (χ3v) is 6.05. The maximum atomic E-state index is 12.4. The number of hydrogen-bond donors (Lipinski definition) is 1. The summed E-state index contributed by atoms with van der Waals surface area (Å²) in [5, 5.41) is 3.10. The Hall–Kier alpha value is -1.95. The largest absolute Gasteiger partial charge is 0.495 e. The lowest BCUT2D eigenvalue weighted by molar-refractivity contribution is 0.186. The molecule has 0 atom stereocenters. The highest BCUT2D eigenvalue weighted by Gasteiger charge is 2.22. The van der Waals surface area contributed by atoms with E-state index in [2.05, 4.69) is 28.1 Å². The normalized spacial score (nSPS) is 18.9. The molecule has 0 saturated carbocycles. The van der Waals surface area contributed by atoms with Crippen molar-refractivity contribution >= 4 is 11.7 Å². The summed E-state index contributed by atoms with van der Waals surface area (Å²) in [5.74, 6) is 1.78. The number of ether oxygens (including phenoxy) is 1. The predicted molar refractivity (Wildman–Crippen MR) is 114 cm³/mol. The standard InChI is InChI=1S/C22H36N4O2/c1-19-9-13-24(14-10-19)12-6-5-11-23-22(27)26-17-15-25(16-18-26)20-7-3-4-8-21(20)28-2/h3-4,7-8,19H,5-6,9-18H2,1-2H3,(H,23,27). The van der Waals surface area contributed by atoms with Gasteiger partial charge in [0.25, 0.3) is 0 Å². The second-order valence-electron chi connectivity index (χ2n) is 8.11. The number of para-hydroxylation sites is 2. The highest BCUT2D eigenvalue weighted by Crippen LogP contribution is 2.28. The van der Waals surface area contributed by atoms with Crippen molar-refractivity contribution in [2.75, 3.05) is 64.4 Å². The lowest BCUT2D eigenvalue weighted by atomic mass is 9.99. The highest BCUT2D eigenvalue weighted by molar-refractivity contribution is 5.74. The summed E-state index contributed by atoms with van der Waals surface area (Å²) >= 11 is 0. The first-order valence-electron chi connectivity index (χ1n) is 10.8. The van der Waals surface area contributed by atoms with Gasteiger partial charge in [-0.1, -0.05) is 19.1 Å². The average Bonchev–Trinajstić information content (AvgIpc) is 2.74. The molecular formula is C22H36N4O2. The maximum absolute atomic E-state index is 12.4. The molecule has 0 unspecified atom stereocenters. The third kappa shape index (κ3) is 5.77. The molecule has 2 saturated heterocycles. The van der Waals surface area contributed by atoms with Crippen LogP contribution < -0.4 is 15.0 Å². The smallest absolute Gasteiger partial charge is 0.317 e. The van der Waals surface area contributed by atoms with Gasteiger partial charge in [-0.05, 0) is 63.4 Å². The molecule has 0 bridgehead atoms. The fourth-order valence-corrected chi connectivity index (χ4v) is 4.09. The van der Waals surface area contributed by atoms with Gasteiger partial charge in [0.05, 0.1) is 12.8 Å². The first-order chi connectivity index (χ1) is 13.7. The number of hydrogen-bond acceptors (Lipinski definition) is 4. The molecule has 156 valence electrons. The number of carbonyl (C=O) groups excluding carboxylic acids is 1. The van der Waals surface area contributed by atoms with Gasteiger partial charge in [-0.2, -0.15) is 0 Å². The van der Waals surface area contributed by atoms with E-state index >= 15 is 0 Å². The van der Waals surface area contributed by atoms with E-state index in [0.717, 1.165) is 62.9 Å². The summed E-state index contributed by atoms with van der Waals surface area (Å²) in [7, 11) is 1.70. The predicted octanol–water partition coefficient (Wildman–Crippen LogP) is 3.04. The molecule has 0 radical (unpaired) electrons. The number of carbonyl (C=O) groups is 1. The van der Waals surface area contributed by atoms with E-state index in [1.54, 1.807) is 7.11 Å². The van der Waals surface area contributed by atoms with Gasteiger partial charge in [0.1, 0.15) is 5.75 Å². The van der Waals surface area contributed by atoms with Crippen LogP contribution in [0.3, 0.4) is 0 Å². The van der Waals surface area contributed by atoms with Crippen LogP contribution in [0.1, 0.15) is 32.6 Å². The zero-order chi connectivity index (χ0) is 19.8. The van der Waals surface area contributed by atoms with Crippen LogP contribution in [-0.4, -0.2) is 75.3 Å². The minimum atomic E-state index is 0.0754. The van der Waals surface area contributed by atoms with Crippen molar-refractivity contribution in [1.82, 2.24) is 15.1 Å². The van der Waals surface area contributed by atoms with Crippen LogP contribution in [0.2, 0.25) is 0 Å². The van der Waals surface area contributed by atoms with E-state index in [0.29, 0.717) is 0 Å². The number of anilines is 1. The van der Waals surface area contributed by atoms with Gasteiger partial charge in [0.2, 0.25) is 0 Å². The molecule has 2 heterocycles. The Morgan fingerprint density at radius 3 is 2.50 bits per heavy atom. The van der Waals surface area contributed by atoms with Crippen molar-refractivity contribution in [3.05, 3.63) is 24.3 Å². The molecule has 0 aliphatic carbocycles. The molecule has 3 rings (SSSR count). The minimum Gasteiger partial charge on any atom is -0.495 e. The second kappa shape index (κ2) is 10.6. The third-order valence-electron chi connectivity index (χ3n) is 6.05. The zero-order valence-corrected chi connectivity index (χ0v) is 17.5. The Morgan fingerprint density at radius 1 is 1.07 bits per heavy atom. The van der Waals surface area contributed by atoms with Crippen molar-refractivity contribution in [3.63, 3.8) is 0 Å². The molecule has 1 aromatic carbocycles. The lowest BCUT2D eigenvalue weighted by Gasteiger charge is -2.36.